The van der Waals surface area contributed by atoms with Crippen molar-refractivity contribution in [3.63, 3.8) is 0 Å². The average Bonchev–Trinajstić information content (AvgIpc) is 3.51. The maximum atomic E-state index is 2.53. The van der Waals surface area contributed by atoms with Crippen LogP contribution in [0.3, 0.4) is 0 Å². The molecular weight excluding hydrogens is 603 g/mol. The molecule has 0 unspecified atom stereocenters. The van der Waals surface area contributed by atoms with Crippen molar-refractivity contribution in [3.8, 4) is 33.4 Å². The Morgan fingerprint density at radius 2 is 0.940 bits per heavy atom. The van der Waals surface area contributed by atoms with Gasteiger partial charge < -0.3 is 4.90 Å². The number of anilines is 3. The third kappa shape index (κ3) is 4.46. The van der Waals surface area contributed by atoms with Crippen LogP contribution in [0.25, 0.3) is 44.2 Å². The van der Waals surface area contributed by atoms with Gasteiger partial charge in [0.05, 0.1) is 0 Å². The van der Waals surface area contributed by atoms with E-state index < -0.39 is 0 Å². The van der Waals surface area contributed by atoms with Crippen LogP contribution in [0.5, 0.6) is 0 Å². The first-order valence-electron chi connectivity index (χ1n) is 18.1. The summed E-state index contributed by atoms with van der Waals surface area (Å²) in [6.45, 7) is 14.2. The van der Waals surface area contributed by atoms with Gasteiger partial charge in [-0.05, 0) is 114 Å². The van der Waals surface area contributed by atoms with Crippen molar-refractivity contribution >= 4 is 27.8 Å². The standard InChI is InChI=1S/C49H43N/c1-31(2)42-28-33(37-19-13-15-32-14-7-8-16-36(32)37)22-27-47(42)50(34-23-25-40-38-17-9-11-20-43(38)48(3,4)45(40)29-34)35-24-26-41-39-18-10-12-21-44(39)49(5,6)46(41)30-35/h7-31H,1-6H3. The first-order valence-corrected chi connectivity index (χ1v) is 18.1. The molecule has 0 saturated heterocycles. The van der Waals surface area contributed by atoms with Gasteiger partial charge >= 0.3 is 0 Å². The SMILES string of the molecule is CC(C)c1cc(-c2cccc3ccccc23)ccc1N(c1ccc2c(c1)C(C)(C)c1ccccc1-2)c1ccc2c(c1)C(C)(C)c1ccccc1-2. The summed E-state index contributed by atoms with van der Waals surface area (Å²) in [5.74, 6) is 0.313. The molecule has 0 fully saturated rings. The van der Waals surface area contributed by atoms with Gasteiger partial charge in [0.1, 0.15) is 0 Å². The third-order valence-corrected chi connectivity index (χ3v) is 11.6. The Labute approximate surface area is 296 Å². The zero-order valence-corrected chi connectivity index (χ0v) is 29.9. The predicted octanol–water partition coefficient (Wildman–Crippen LogP) is 13.7. The van der Waals surface area contributed by atoms with Crippen LogP contribution in [-0.2, 0) is 10.8 Å². The molecule has 1 nitrogen and oxygen atoms in total. The molecule has 0 radical (unpaired) electrons. The minimum atomic E-state index is -0.0890. The number of rotatable bonds is 5. The van der Waals surface area contributed by atoms with Gasteiger partial charge in [-0.25, -0.2) is 0 Å². The number of nitrogens with zero attached hydrogens (tertiary/aromatic N) is 1. The molecule has 50 heavy (non-hydrogen) atoms. The number of hydrogen-bond acceptors (Lipinski definition) is 1. The fourth-order valence-corrected chi connectivity index (χ4v) is 8.96. The van der Waals surface area contributed by atoms with Gasteiger partial charge in [-0.2, -0.15) is 0 Å². The van der Waals surface area contributed by atoms with Gasteiger partial charge in [0.25, 0.3) is 0 Å². The molecule has 2 aliphatic carbocycles. The van der Waals surface area contributed by atoms with Crippen LogP contribution in [0.1, 0.15) is 75.3 Å². The van der Waals surface area contributed by atoms with E-state index in [2.05, 4.69) is 192 Å². The fraction of sp³-hybridized carbons (Fsp3) is 0.184. The van der Waals surface area contributed by atoms with Crippen molar-refractivity contribution in [1.29, 1.82) is 0 Å². The maximum absolute atomic E-state index is 2.53. The van der Waals surface area contributed by atoms with Crippen LogP contribution < -0.4 is 4.90 Å². The lowest BCUT2D eigenvalue weighted by molar-refractivity contribution is 0.660. The predicted molar refractivity (Wildman–Crippen MR) is 213 cm³/mol. The first kappa shape index (κ1) is 30.6. The van der Waals surface area contributed by atoms with Crippen molar-refractivity contribution in [2.24, 2.45) is 0 Å². The van der Waals surface area contributed by atoms with Crippen molar-refractivity contribution in [2.75, 3.05) is 4.90 Å². The van der Waals surface area contributed by atoms with Gasteiger partial charge in [0.15, 0.2) is 0 Å². The Morgan fingerprint density at radius 3 is 1.54 bits per heavy atom. The van der Waals surface area contributed by atoms with E-state index in [0.29, 0.717) is 5.92 Å². The summed E-state index contributed by atoms with van der Waals surface area (Å²) in [7, 11) is 0. The molecule has 7 aromatic rings. The van der Waals surface area contributed by atoms with Crippen LogP contribution in [0, 0.1) is 0 Å². The molecule has 0 N–H and O–H groups in total. The number of benzene rings is 7. The molecule has 244 valence electrons. The van der Waals surface area contributed by atoms with Crippen molar-refractivity contribution < 1.29 is 0 Å². The summed E-state index contributed by atoms with van der Waals surface area (Å²) in [6, 6.07) is 54.7. The average molecular weight is 646 g/mol. The highest BCUT2D eigenvalue weighted by Gasteiger charge is 2.38. The van der Waals surface area contributed by atoms with Gasteiger partial charge in [-0.3, -0.25) is 0 Å². The highest BCUT2D eigenvalue weighted by Crippen LogP contribution is 2.53. The van der Waals surface area contributed by atoms with E-state index in [9.17, 15) is 0 Å². The van der Waals surface area contributed by atoms with Crippen molar-refractivity contribution in [3.05, 3.63) is 173 Å². The Balaban J connectivity index is 1.27. The van der Waals surface area contributed by atoms with E-state index in [1.807, 2.05) is 0 Å². The van der Waals surface area contributed by atoms with Crippen LogP contribution in [0.2, 0.25) is 0 Å². The molecule has 0 aromatic heterocycles. The molecule has 0 saturated carbocycles. The van der Waals surface area contributed by atoms with E-state index in [1.54, 1.807) is 0 Å². The van der Waals surface area contributed by atoms with E-state index in [4.69, 9.17) is 0 Å². The summed E-state index contributed by atoms with van der Waals surface area (Å²) < 4.78 is 0. The lowest BCUT2D eigenvalue weighted by Crippen LogP contribution is -2.18. The summed E-state index contributed by atoms with van der Waals surface area (Å²) >= 11 is 0. The largest absolute Gasteiger partial charge is 0.310 e. The van der Waals surface area contributed by atoms with Gasteiger partial charge in [0, 0.05) is 27.9 Å². The second-order valence-electron chi connectivity index (χ2n) is 15.6. The second-order valence-corrected chi connectivity index (χ2v) is 15.6. The summed E-state index contributed by atoms with van der Waals surface area (Å²) in [6.07, 6.45) is 0. The van der Waals surface area contributed by atoms with E-state index in [1.165, 1.54) is 89.0 Å². The topological polar surface area (TPSA) is 3.24 Å². The molecule has 0 spiro atoms. The van der Waals surface area contributed by atoms with Gasteiger partial charge in [-0.15, -0.1) is 0 Å². The lowest BCUT2D eigenvalue weighted by atomic mass is 9.82. The van der Waals surface area contributed by atoms with Gasteiger partial charge in [0.2, 0.25) is 0 Å². The highest BCUT2D eigenvalue weighted by atomic mass is 15.1. The van der Waals surface area contributed by atoms with E-state index in [0.717, 1.165) is 0 Å². The fourth-order valence-electron chi connectivity index (χ4n) is 8.96. The van der Waals surface area contributed by atoms with Crippen molar-refractivity contribution in [1.82, 2.24) is 0 Å². The zero-order chi connectivity index (χ0) is 34.4. The Hall–Kier alpha value is -5.40. The Kier molecular flexibility index (Phi) is 6.78. The molecule has 0 heterocycles. The molecule has 0 aliphatic heterocycles. The number of fused-ring (bicyclic) bond motifs is 7. The molecule has 7 aromatic carbocycles. The first-order chi connectivity index (χ1) is 24.1. The van der Waals surface area contributed by atoms with Crippen LogP contribution >= 0.6 is 0 Å². The van der Waals surface area contributed by atoms with Crippen molar-refractivity contribution in [2.45, 2.75) is 58.3 Å². The Bertz CT molecular complexity index is 2360. The van der Waals surface area contributed by atoms with Crippen LogP contribution in [-0.4, -0.2) is 0 Å². The van der Waals surface area contributed by atoms with E-state index in [-0.39, 0.29) is 10.8 Å². The summed E-state index contributed by atoms with van der Waals surface area (Å²) in [5, 5.41) is 2.56. The maximum Gasteiger partial charge on any atom is 0.0496 e. The Morgan fingerprint density at radius 1 is 0.440 bits per heavy atom. The zero-order valence-electron chi connectivity index (χ0n) is 29.9. The summed E-state index contributed by atoms with van der Waals surface area (Å²) in [5.41, 5.74) is 18.3. The molecule has 0 atom stereocenters. The van der Waals surface area contributed by atoms with Crippen LogP contribution in [0.4, 0.5) is 17.1 Å². The molecular formula is C49H43N. The third-order valence-electron chi connectivity index (χ3n) is 11.6. The van der Waals surface area contributed by atoms with Crippen LogP contribution in [0.15, 0.2) is 146 Å². The minimum Gasteiger partial charge on any atom is -0.310 e. The normalized spacial score (nSPS) is 14.7. The molecule has 0 amide bonds. The quantitative estimate of drug-likeness (QED) is 0.180. The lowest BCUT2D eigenvalue weighted by Gasteiger charge is -2.32. The minimum absolute atomic E-state index is 0.0890. The molecule has 2 aliphatic rings. The number of hydrogen-bond donors (Lipinski definition) is 0. The molecule has 9 rings (SSSR count). The second kappa shape index (κ2) is 11.1. The highest BCUT2D eigenvalue weighted by molar-refractivity contribution is 5.97. The van der Waals surface area contributed by atoms with Gasteiger partial charge in [-0.1, -0.05) is 151 Å². The monoisotopic (exact) mass is 645 g/mol. The molecule has 1 heteroatoms. The smallest absolute Gasteiger partial charge is 0.0496 e. The molecule has 0 bridgehead atoms. The van der Waals surface area contributed by atoms with E-state index >= 15 is 0 Å². The summed E-state index contributed by atoms with van der Waals surface area (Å²) in [4.78, 5) is 2.53.